The summed E-state index contributed by atoms with van der Waals surface area (Å²) in [7, 11) is 0. The van der Waals surface area contributed by atoms with Gasteiger partial charge < -0.3 is 20.1 Å². The van der Waals surface area contributed by atoms with Crippen LogP contribution in [0.5, 0.6) is 0 Å². The second kappa shape index (κ2) is 7.34. The first kappa shape index (κ1) is 19.5. The number of nitrogen functional groups attached to an aromatic ring is 1. The minimum atomic E-state index is -0.255. The summed E-state index contributed by atoms with van der Waals surface area (Å²) in [5.74, 6) is 0.898. The number of morpholine rings is 1. The molecule has 0 radical (unpaired) electrons. The molecule has 1 aromatic carbocycles. The van der Waals surface area contributed by atoms with Crippen molar-refractivity contribution in [1.29, 1.82) is 0 Å². The van der Waals surface area contributed by atoms with E-state index in [9.17, 15) is 4.79 Å². The first-order valence-corrected chi connectivity index (χ1v) is 11.1. The Kier molecular flexibility index (Phi) is 4.76. The minimum absolute atomic E-state index is 0.0603. The summed E-state index contributed by atoms with van der Waals surface area (Å²) in [6.45, 7) is 7.68. The fourth-order valence-electron chi connectivity index (χ4n) is 4.20. The number of aromatic nitrogens is 1. The maximum absolute atomic E-state index is 13.1. The Morgan fingerprint density at radius 3 is 2.63 bits per heavy atom. The van der Waals surface area contributed by atoms with E-state index in [1.54, 1.807) is 0 Å². The average molecular weight is 424 g/mol. The van der Waals surface area contributed by atoms with Crippen LogP contribution < -0.4 is 10.6 Å². The van der Waals surface area contributed by atoms with E-state index in [1.165, 1.54) is 16.9 Å². The number of ketones is 1. The van der Waals surface area contributed by atoms with E-state index in [1.807, 2.05) is 30.3 Å². The summed E-state index contributed by atoms with van der Waals surface area (Å²) in [6.07, 6.45) is 0.776. The number of benzene rings is 1. The number of hydrogen-bond acceptors (Lipinski definition) is 7. The summed E-state index contributed by atoms with van der Waals surface area (Å²) < 4.78 is 12.7. The second-order valence-corrected chi connectivity index (χ2v) is 9.46. The topological polar surface area (TPSA) is 77.7 Å². The van der Waals surface area contributed by atoms with Crippen LogP contribution in [0.3, 0.4) is 0 Å². The molecule has 30 heavy (non-hydrogen) atoms. The van der Waals surface area contributed by atoms with E-state index >= 15 is 0 Å². The molecule has 4 heterocycles. The average Bonchev–Trinajstić information content (AvgIpc) is 3.09. The van der Waals surface area contributed by atoms with E-state index in [-0.39, 0.29) is 11.4 Å². The Morgan fingerprint density at radius 1 is 1.17 bits per heavy atom. The van der Waals surface area contributed by atoms with Crippen LogP contribution in [0.2, 0.25) is 0 Å². The van der Waals surface area contributed by atoms with Gasteiger partial charge in [-0.3, -0.25) is 4.79 Å². The molecule has 0 spiro atoms. The first-order chi connectivity index (χ1) is 14.4. The molecular formula is C23H25N3O3S. The SMILES string of the molecule is CC1(C)Cc2c(N3CCOCC3)nc3c(N)c(C(=O)c4ccccc4)sc3c2CO1. The highest BCUT2D eigenvalue weighted by Gasteiger charge is 2.34. The predicted octanol–water partition coefficient (Wildman–Crippen LogP) is 3.80. The van der Waals surface area contributed by atoms with Gasteiger partial charge in [0.15, 0.2) is 0 Å². The molecule has 0 unspecified atom stereocenters. The highest BCUT2D eigenvalue weighted by molar-refractivity contribution is 7.22. The Bertz CT molecular complexity index is 1120. The zero-order chi connectivity index (χ0) is 20.9. The van der Waals surface area contributed by atoms with E-state index in [4.69, 9.17) is 20.2 Å². The molecule has 6 nitrogen and oxygen atoms in total. The minimum Gasteiger partial charge on any atom is -0.396 e. The van der Waals surface area contributed by atoms with Crippen LogP contribution in [0, 0.1) is 0 Å². The lowest BCUT2D eigenvalue weighted by molar-refractivity contribution is -0.0393. The summed E-state index contributed by atoms with van der Waals surface area (Å²) in [5, 5.41) is 0. The molecular weight excluding hydrogens is 398 g/mol. The van der Waals surface area contributed by atoms with Crippen LogP contribution in [-0.2, 0) is 22.5 Å². The highest BCUT2D eigenvalue weighted by Crippen LogP contribution is 2.43. The number of carbonyl (C=O) groups is 1. The molecule has 3 aromatic rings. The highest BCUT2D eigenvalue weighted by atomic mass is 32.1. The number of fused-ring (bicyclic) bond motifs is 3. The number of pyridine rings is 1. The van der Waals surface area contributed by atoms with Crippen LogP contribution in [0.25, 0.3) is 10.2 Å². The zero-order valence-electron chi connectivity index (χ0n) is 17.2. The standard InChI is InChI=1S/C23H25N3O3S/c1-23(2)12-15-16(13-29-23)20-18(25-22(15)26-8-10-28-11-9-26)17(24)21(30-20)19(27)14-6-4-3-5-7-14/h3-7H,8-13,24H2,1-2H3. The van der Waals surface area contributed by atoms with Crippen LogP contribution in [-0.4, -0.2) is 42.7 Å². The van der Waals surface area contributed by atoms with Gasteiger partial charge in [-0.2, -0.15) is 0 Å². The van der Waals surface area contributed by atoms with Crippen molar-refractivity contribution in [2.24, 2.45) is 0 Å². The summed E-state index contributed by atoms with van der Waals surface area (Å²) in [5.41, 5.74) is 10.4. The maximum atomic E-state index is 13.1. The summed E-state index contributed by atoms with van der Waals surface area (Å²) >= 11 is 1.44. The van der Waals surface area contributed by atoms with Gasteiger partial charge in [-0.05, 0) is 13.8 Å². The quantitative estimate of drug-likeness (QED) is 0.646. The molecule has 0 saturated carbocycles. The third-order valence-electron chi connectivity index (χ3n) is 5.81. The van der Waals surface area contributed by atoms with Crippen LogP contribution >= 0.6 is 11.3 Å². The van der Waals surface area contributed by atoms with Gasteiger partial charge in [-0.25, -0.2) is 4.98 Å². The molecule has 0 aliphatic carbocycles. The molecule has 0 bridgehead atoms. The van der Waals surface area contributed by atoms with Crippen molar-refractivity contribution in [3.05, 3.63) is 51.9 Å². The number of thiophene rings is 1. The normalized spacial score (nSPS) is 18.4. The van der Waals surface area contributed by atoms with Gasteiger partial charge in [0.2, 0.25) is 5.78 Å². The molecule has 0 atom stereocenters. The number of nitrogens with zero attached hydrogens (tertiary/aromatic N) is 2. The number of rotatable bonds is 3. The maximum Gasteiger partial charge on any atom is 0.205 e. The van der Waals surface area contributed by atoms with Crippen molar-refractivity contribution in [2.75, 3.05) is 36.9 Å². The smallest absolute Gasteiger partial charge is 0.205 e. The van der Waals surface area contributed by atoms with Crippen molar-refractivity contribution >= 4 is 38.8 Å². The fraction of sp³-hybridized carbons (Fsp3) is 0.391. The molecule has 0 amide bonds. The second-order valence-electron chi connectivity index (χ2n) is 8.43. The van der Waals surface area contributed by atoms with E-state index < -0.39 is 0 Å². The van der Waals surface area contributed by atoms with Gasteiger partial charge >= 0.3 is 0 Å². The van der Waals surface area contributed by atoms with Crippen LogP contribution in [0.4, 0.5) is 11.5 Å². The van der Waals surface area contributed by atoms with Gasteiger partial charge in [0.05, 0.1) is 35.8 Å². The van der Waals surface area contributed by atoms with E-state index in [0.717, 1.165) is 35.6 Å². The third-order valence-corrected chi connectivity index (χ3v) is 7.06. The summed E-state index contributed by atoms with van der Waals surface area (Å²) in [4.78, 5) is 21.0. The largest absolute Gasteiger partial charge is 0.396 e. The Balaban J connectivity index is 1.69. The molecule has 156 valence electrons. The fourth-order valence-corrected chi connectivity index (χ4v) is 5.38. The molecule has 5 rings (SSSR count). The third kappa shape index (κ3) is 3.27. The summed E-state index contributed by atoms with van der Waals surface area (Å²) in [6, 6.07) is 9.27. The van der Waals surface area contributed by atoms with Gasteiger partial charge in [-0.1, -0.05) is 30.3 Å². The number of carbonyl (C=O) groups excluding carboxylic acids is 1. The van der Waals surface area contributed by atoms with Gasteiger partial charge in [-0.15, -0.1) is 11.3 Å². The number of anilines is 2. The van der Waals surface area contributed by atoms with E-state index in [0.29, 0.717) is 41.5 Å². The van der Waals surface area contributed by atoms with Crippen molar-refractivity contribution in [3.8, 4) is 0 Å². The lowest BCUT2D eigenvalue weighted by Crippen LogP contribution is -2.39. The van der Waals surface area contributed by atoms with Crippen molar-refractivity contribution < 1.29 is 14.3 Å². The molecule has 1 saturated heterocycles. The monoisotopic (exact) mass is 423 g/mol. The van der Waals surface area contributed by atoms with Crippen molar-refractivity contribution in [3.63, 3.8) is 0 Å². The molecule has 2 aliphatic rings. The van der Waals surface area contributed by atoms with Crippen molar-refractivity contribution in [2.45, 2.75) is 32.5 Å². The molecule has 2 N–H and O–H groups in total. The Labute approximate surface area is 179 Å². The molecule has 2 aliphatic heterocycles. The van der Waals surface area contributed by atoms with Gasteiger partial charge in [0, 0.05) is 36.2 Å². The Morgan fingerprint density at radius 2 is 1.90 bits per heavy atom. The van der Waals surface area contributed by atoms with Crippen LogP contribution in [0.1, 0.15) is 40.2 Å². The van der Waals surface area contributed by atoms with Crippen LogP contribution in [0.15, 0.2) is 30.3 Å². The number of hydrogen-bond donors (Lipinski definition) is 1. The van der Waals surface area contributed by atoms with E-state index in [2.05, 4.69) is 18.7 Å². The lowest BCUT2D eigenvalue weighted by Gasteiger charge is -2.36. The predicted molar refractivity (Wildman–Crippen MR) is 120 cm³/mol. The van der Waals surface area contributed by atoms with Crippen molar-refractivity contribution in [1.82, 2.24) is 4.98 Å². The zero-order valence-corrected chi connectivity index (χ0v) is 18.1. The number of ether oxygens (including phenoxy) is 2. The lowest BCUT2D eigenvalue weighted by atomic mass is 9.91. The molecule has 1 fully saturated rings. The Hall–Kier alpha value is -2.48. The molecule has 7 heteroatoms. The van der Waals surface area contributed by atoms with Gasteiger partial charge in [0.1, 0.15) is 16.2 Å². The van der Waals surface area contributed by atoms with Gasteiger partial charge in [0.25, 0.3) is 0 Å². The molecule has 2 aromatic heterocycles. The number of nitrogens with two attached hydrogens (primary N) is 1. The first-order valence-electron chi connectivity index (χ1n) is 10.2.